The molecule has 2 N–H and O–H groups in total. The fourth-order valence-electron chi connectivity index (χ4n) is 0.356. The Labute approximate surface area is 63.3 Å². The average Bonchev–Trinajstić information content (AvgIpc) is 1.88. The molecule has 68 valence electrons. The second-order valence-corrected chi connectivity index (χ2v) is 3.51. The fourth-order valence-corrected chi connectivity index (χ4v) is 0.911. The molecular formula is C4H9F2NO3S. The topological polar surface area (TPSA) is 66.4 Å². The molecular weight excluding hydrogens is 180 g/mol. The molecule has 0 saturated heterocycles. The minimum atomic E-state index is -4.46. The van der Waals surface area contributed by atoms with Crippen molar-refractivity contribution in [2.24, 2.45) is 0 Å². The first-order chi connectivity index (χ1) is 5.00. The summed E-state index contributed by atoms with van der Waals surface area (Å²) in [5.41, 5.74) is 0. The zero-order valence-electron chi connectivity index (χ0n) is 5.63. The summed E-state index contributed by atoms with van der Waals surface area (Å²) in [5, 5.41) is 8.18. The molecule has 0 aromatic heterocycles. The van der Waals surface area contributed by atoms with Gasteiger partial charge in [0.1, 0.15) is 0 Å². The fraction of sp³-hybridized carbons (Fsp3) is 1.00. The average molecular weight is 189 g/mol. The van der Waals surface area contributed by atoms with Crippen LogP contribution in [0.1, 0.15) is 6.42 Å². The minimum absolute atomic E-state index is 0.131. The quantitative estimate of drug-likeness (QED) is 0.573. The van der Waals surface area contributed by atoms with Gasteiger partial charge >= 0.3 is 5.76 Å². The van der Waals surface area contributed by atoms with Crippen LogP contribution in [0.25, 0.3) is 0 Å². The van der Waals surface area contributed by atoms with Gasteiger partial charge in [0.2, 0.25) is 0 Å². The van der Waals surface area contributed by atoms with Crippen LogP contribution in [0, 0.1) is 0 Å². The van der Waals surface area contributed by atoms with Crippen LogP contribution < -0.4 is 4.72 Å². The van der Waals surface area contributed by atoms with Crippen molar-refractivity contribution in [1.29, 1.82) is 0 Å². The lowest BCUT2D eigenvalue weighted by Crippen LogP contribution is -2.30. The number of hydrogen-bond acceptors (Lipinski definition) is 3. The lowest BCUT2D eigenvalue weighted by molar-refractivity contribution is 0.231. The highest BCUT2D eigenvalue weighted by molar-refractivity contribution is 7.89. The maximum absolute atomic E-state index is 11.5. The van der Waals surface area contributed by atoms with E-state index in [1.54, 1.807) is 4.72 Å². The highest BCUT2D eigenvalue weighted by atomic mass is 32.2. The molecule has 0 aliphatic carbocycles. The smallest absolute Gasteiger partial charge is 0.350 e. The zero-order chi connectivity index (χ0) is 8.91. The normalized spacial score (nSPS) is 12.4. The van der Waals surface area contributed by atoms with Gasteiger partial charge in [-0.05, 0) is 6.42 Å². The predicted molar refractivity (Wildman–Crippen MR) is 34.6 cm³/mol. The minimum Gasteiger partial charge on any atom is -0.396 e. The number of nitrogens with one attached hydrogen (secondary N) is 1. The van der Waals surface area contributed by atoms with Gasteiger partial charge in [-0.2, -0.15) is 8.78 Å². The molecule has 0 amide bonds. The number of aliphatic hydroxyl groups excluding tert-OH is 1. The molecule has 0 spiro atoms. The third kappa shape index (κ3) is 4.23. The van der Waals surface area contributed by atoms with Gasteiger partial charge < -0.3 is 5.11 Å². The number of sulfonamides is 1. The number of aliphatic hydroxyl groups is 1. The molecule has 0 aliphatic heterocycles. The number of hydrogen-bond donors (Lipinski definition) is 2. The van der Waals surface area contributed by atoms with Crippen LogP contribution in [0.4, 0.5) is 8.78 Å². The number of rotatable bonds is 5. The van der Waals surface area contributed by atoms with Crippen LogP contribution in [0.3, 0.4) is 0 Å². The highest BCUT2D eigenvalue weighted by Crippen LogP contribution is 2.00. The van der Waals surface area contributed by atoms with E-state index in [9.17, 15) is 17.2 Å². The Morgan fingerprint density at radius 3 is 2.36 bits per heavy atom. The van der Waals surface area contributed by atoms with Gasteiger partial charge in [0.05, 0.1) is 0 Å². The van der Waals surface area contributed by atoms with Crippen LogP contribution >= 0.6 is 0 Å². The van der Waals surface area contributed by atoms with Crippen molar-refractivity contribution in [2.75, 3.05) is 13.2 Å². The summed E-state index contributed by atoms with van der Waals surface area (Å²) >= 11 is 0. The van der Waals surface area contributed by atoms with E-state index in [1.807, 2.05) is 0 Å². The molecule has 0 saturated carbocycles. The van der Waals surface area contributed by atoms with Gasteiger partial charge in [0, 0.05) is 13.2 Å². The molecule has 4 nitrogen and oxygen atoms in total. The van der Waals surface area contributed by atoms with E-state index in [0.29, 0.717) is 0 Å². The molecule has 0 radical (unpaired) electrons. The summed E-state index contributed by atoms with van der Waals surface area (Å²) in [4.78, 5) is 0. The van der Waals surface area contributed by atoms with Crippen molar-refractivity contribution in [3.63, 3.8) is 0 Å². The van der Waals surface area contributed by atoms with Crippen molar-refractivity contribution >= 4 is 10.0 Å². The molecule has 0 aromatic carbocycles. The van der Waals surface area contributed by atoms with E-state index in [0.717, 1.165) is 0 Å². The Kier molecular flexibility index (Phi) is 4.46. The van der Waals surface area contributed by atoms with Crippen molar-refractivity contribution in [3.8, 4) is 0 Å². The monoisotopic (exact) mass is 189 g/mol. The first-order valence-electron chi connectivity index (χ1n) is 2.88. The Morgan fingerprint density at radius 2 is 2.00 bits per heavy atom. The van der Waals surface area contributed by atoms with Crippen molar-refractivity contribution in [2.45, 2.75) is 12.2 Å². The predicted octanol–water partition coefficient (Wildman–Crippen LogP) is -0.489. The largest absolute Gasteiger partial charge is 0.396 e. The molecule has 0 rings (SSSR count). The Morgan fingerprint density at radius 1 is 1.45 bits per heavy atom. The van der Waals surface area contributed by atoms with Crippen LogP contribution in [-0.2, 0) is 10.0 Å². The second-order valence-electron chi connectivity index (χ2n) is 1.78. The molecule has 0 bridgehead atoms. The number of alkyl halides is 2. The molecule has 0 unspecified atom stereocenters. The maximum Gasteiger partial charge on any atom is 0.350 e. The molecule has 0 atom stereocenters. The van der Waals surface area contributed by atoms with E-state index in [2.05, 4.69) is 0 Å². The summed E-state index contributed by atoms with van der Waals surface area (Å²) in [7, 11) is -4.46. The lowest BCUT2D eigenvalue weighted by Gasteiger charge is -2.02. The third-order valence-electron chi connectivity index (χ3n) is 0.873. The lowest BCUT2D eigenvalue weighted by atomic mass is 10.5. The SMILES string of the molecule is O=S(=O)(NCCCO)C(F)F. The van der Waals surface area contributed by atoms with Crippen molar-refractivity contribution in [3.05, 3.63) is 0 Å². The highest BCUT2D eigenvalue weighted by Gasteiger charge is 2.22. The van der Waals surface area contributed by atoms with Gasteiger partial charge in [0.15, 0.2) is 0 Å². The first-order valence-corrected chi connectivity index (χ1v) is 4.43. The molecule has 0 aromatic rings. The van der Waals surface area contributed by atoms with Crippen molar-refractivity contribution < 1.29 is 22.3 Å². The summed E-state index contributed by atoms with van der Waals surface area (Å²) < 4.78 is 45.2. The summed E-state index contributed by atoms with van der Waals surface area (Å²) in [6.45, 7) is -0.394. The van der Waals surface area contributed by atoms with Gasteiger partial charge in [-0.15, -0.1) is 0 Å². The summed E-state index contributed by atoms with van der Waals surface area (Å²) in [6, 6.07) is 0. The van der Waals surface area contributed by atoms with Gasteiger partial charge in [-0.1, -0.05) is 0 Å². The molecule has 0 heterocycles. The van der Waals surface area contributed by atoms with Crippen LogP contribution in [-0.4, -0.2) is 32.4 Å². The van der Waals surface area contributed by atoms with Gasteiger partial charge in [-0.3, -0.25) is 0 Å². The van der Waals surface area contributed by atoms with Gasteiger partial charge in [-0.25, -0.2) is 13.1 Å². The Bertz CT molecular complexity index is 192. The van der Waals surface area contributed by atoms with E-state index < -0.39 is 15.8 Å². The third-order valence-corrected chi connectivity index (χ3v) is 1.95. The first kappa shape index (κ1) is 10.7. The van der Waals surface area contributed by atoms with Crippen LogP contribution in [0.15, 0.2) is 0 Å². The van der Waals surface area contributed by atoms with E-state index in [-0.39, 0.29) is 19.6 Å². The number of halogens is 2. The summed E-state index contributed by atoms with van der Waals surface area (Å²) in [5.74, 6) is -3.40. The standard InChI is InChI=1S/C4H9F2NO3S/c5-4(6)11(9,10)7-2-1-3-8/h4,7-8H,1-3H2. The zero-order valence-corrected chi connectivity index (χ0v) is 6.44. The van der Waals surface area contributed by atoms with Gasteiger partial charge in [0.25, 0.3) is 10.0 Å². The summed E-state index contributed by atoms with van der Waals surface area (Å²) in [6.07, 6.45) is 0.131. The molecule has 0 aliphatic rings. The van der Waals surface area contributed by atoms with E-state index >= 15 is 0 Å². The maximum atomic E-state index is 11.5. The van der Waals surface area contributed by atoms with Crippen molar-refractivity contribution in [1.82, 2.24) is 4.72 Å². The van der Waals surface area contributed by atoms with E-state index in [1.165, 1.54) is 0 Å². The molecule has 0 fully saturated rings. The Balaban J connectivity index is 3.75. The Hall–Kier alpha value is -0.270. The van der Waals surface area contributed by atoms with Crippen LogP contribution in [0.5, 0.6) is 0 Å². The van der Waals surface area contributed by atoms with E-state index in [4.69, 9.17) is 5.11 Å². The van der Waals surface area contributed by atoms with Crippen LogP contribution in [0.2, 0.25) is 0 Å². The second kappa shape index (κ2) is 4.58. The molecule has 7 heteroatoms. The molecule has 11 heavy (non-hydrogen) atoms.